The Labute approximate surface area is 199 Å². The summed E-state index contributed by atoms with van der Waals surface area (Å²) in [4.78, 5) is 18.3. The summed E-state index contributed by atoms with van der Waals surface area (Å²) < 4.78 is 7.87. The number of carbonyl (C=O) groups is 1. The van der Waals surface area contributed by atoms with Crippen molar-refractivity contribution in [1.82, 2.24) is 30.2 Å². The maximum atomic E-state index is 12.3. The van der Waals surface area contributed by atoms with Gasteiger partial charge in [0, 0.05) is 30.3 Å². The van der Waals surface area contributed by atoms with Crippen LogP contribution in [0.5, 0.6) is 5.75 Å². The number of carbonyl (C=O) groups excluding carboxylic acids is 1. The number of amides is 1. The maximum absolute atomic E-state index is 12.3. The van der Waals surface area contributed by atoms with Crippen LogP contribution in [0, 0.1) is 18.4 Å². The van der Waals surface area contributed by atoms with Gasteiger partial charge in [0.05, 0.1) is 25.5 Å². The number of hydrogen-bond donors (Lipinski definition) is 1. The molecule has 0 aliphatic carbocycles. The second kappa shape index (κ2) is 9.51. The first kappa shape index (κ1) is 23.2. The van der Waals surface area contributed by atoms with E-state index >= 15 is 0 Å². The highest BCUT2D eigenvalue weighted by Gasteiger charge is 2.24. The van der Waals surface area contributed by atoms with Crippen LogP contribution in [-0.2, 0) is 6.54 Å². The number of likely N-dealkylation sites (tertiary alicyclic amines) is 1. The number of nitrogens with one attached hydrogen (secondary N) is 1. The normalized spacial score (nSPS) is 15.7. The first-order valence-electron chi connectivity index (χ1n) is 11.3. The predicted molar refractivity (Wildman–Crippen MR) is 127 cm³/mol. The zero-order chi connectivity index (χ0) is 24.3. The third-order valence-corrected chi connectivity index (χ3v) is 5.61. The largest absolute Gasteiger partial charge is 0.486 e. The molecule has 1 saturated heterocycles. The molecule has 9 nitrogen and oxygen atoms in total. The highest BCUT2D eigenvalue weighted by Crippen LogP contribution is 2.32. The molecule has 1 atom stereocenters. The van der Waals surface area contributed by atoms with Gasteiger partial charge in [0.25, 0.3) is 5.91 Å². The number of nitriles is 1. The van der Waals surface area contributed by atoms with E-state index in [1.165, 1.54) is 0 Å². The van der Waals surface area contributed by atoms with Crippen molar-refractivity contribution in [3.8, 4) is 23.1 Å². The van der Waals surface area contributed by atoms with E-state index in [4.69, 9.17) is 10.00 Å². The highest BCUT2D eigenvalue weighted by molar-refractivity contribution is 5.92. The average Bonchev–Trinajstić information content (AvgIpc) is 3.44. The minimum Gasteiger partial charge on any atom is -0.486 e. The summed E-state index contributed by atoms with van der Waals surface area (Å²) in [7, 11) is 0. The molecule has 1 unspecified atom stereocenters. The zero-order valence-corrected chi connectivity index (χ0v) is 19.9. The van der Waals surface area contributed by atoms with Crippen molar-refractivity contribution in [3.63, 3.8) is 0 Å². The van der Waals surface area contributed by atoms with Crippen LogP contribution in [0.15, 0.2) is 42.9 Å². The molecule has 9 heteroatoms. The minimum atomic E-state index is -0.338. The zero-order valence-electron chi connectivity index (χ0n) is 19.9. The number of aromatic nitrogens is 4. The van der Waals surface area contributed by atoms with Gasteiger partial charge in [-0.3, -0.25) is 9.78 Å². The molecule has 34 heavy (non-hydrogen) atoms. The smallest absolute Gasteiger partial charge is 0.273 e. The van der Waals surface area contributed by atoms with Crippen LogP contribution < -0.4 is 10.1 Å². The summed E-state index contributed by atoms with van der Waals surface area (Å²) in [6, 6.07) is 8.15. The van der Waals surface area contributed by atoms with Gasteiger partial charge in [-0.15, -0.1) is 5.10 Å². The van der Waals surface area contributed by atoms with Gasteiger partial charge in [-0.2, -0.15) is 5.26 Å². The maximum Gasteiger partial charge on any atom is 0.273 e. The second-order valence-electron chi connectivity index (χ2n) is 9.59. The first-order chi connectivity index (χ1) is 16.2. The number of rotatable bonds is 6. The Morgan fingerprint density at radius 2 is 2.15 bits per heavy atom. The van der Waals surface area contributed by atoms with Crippen LogP contribution in [0.4, 0.5) is 0 Å². The van der Waals surface area contributed by atoms with E-state index in [-0.39, 0.29) is 17.6 Å². The van der Waals surface area contributed by atoms with Crippen molar-refractivity contribution in [2.75, 3.05) is 13.1 Å². The van der Waals surface area contributed by atoms with Crippen LogP contribution in [0.1, 0.15) is 48.8 Å². The summed E-state index contributed by atoms with van der Waals surface area (Å²) in [5, 5.41) is 20.1. The van der Waals surface area contributed by atoms with Crippen LogP contribution in [-0.4, -0.2) is 55.5 Å². The molecule has 4 rings (SSSR count). The molecule has 1 aromatic carbocycles. The Morgan fingerprint density at radius 3 is 2.85 bits per heavy atom. The Kier molecular flexibility index (Phi) is 6.50. The van der Waals surface area contributed by atoms with E-state index in [0.717, 1.165) is 28.7 Å². The topological polar surface area (TPSA) is 109 Å². The van der Waals surface area contributed by atoms with E-state index < -0.39 is 0 Å². The Hall–Kier alpha value is -3.93. The number of pyridine rings is 1. The summed E-state index contributed by atoms with van der Waals surface area (Å²) in [5.74, 6) is 0.474. The molecular formula is C25H29N7O2. The molecular weight excluding hydrogens is 430 g/mol. The Bertz CT molecular complexity index is 1220. The molecule has 176 valence electrons. The molecule has 0 saturated carbocycles. The van der Waals surface area contributed by atoms with Gasteiger partial charge in [-0.05, 0) is 50.5 Å². The quantitative estimate of drug-likeness (QED) is 0.564. The number of hydrogen-bond acceptors (Lipinski definition) is 7. The lowest BCUT2D eigenvalue weighted by molar-refractivity contribution is 0.0914. The fraction of sp³-hybridized carbons (Fsp3) is 0.400. The van der Waals surface area contributed by atoms with Crippen LogP contribution in [0.25, 0.3) is 11.1 Å². The number of ether oxygens (including phenoxy) is 1. The van der Waals surface area contributed by atoms with E-state index in [9.17, 15) is 4.79 Å². The van der Waals surface area contributed by atoms with Crippen molar-refractivity contribution in [3.05, 3.63) is 59.7 Å². The van der Waals surface area contributed by atoms with Crippen molar-refractivity contribution >= 4 is 5.91 Å². The van der Waals surface area contributed by atoms with Gasteiger partial charge in [-0.1, -0.05) is 23.4 Å². The van der Waals surface area contributed by atoms with Crippen molar-refractivity contribution in [1.29, 1.82) is 5.26 Å². The summed E-state index contributed by atoms with van der Waals surface area (Å²) in [5.41, 5.74) is 4.11. The second-order valence-corrected chi connectivity index (χ2v) is 9.59. The van der Waals surface area contributed by atoms with Crippen molar-refractivity contribution < 1.29 is 9.53 Å². The monoisotopic (exact) mass is 459 g/mol. The lowest BCUT2D eigenvalue weighted by atomic mass is 10.00. The number of nitrogens with zero attached hydrogens (tertiary/aromatic N) is 6. The van der Waals surface area contributed by atoms with Gasteiger partial charge >= 0.3 is 0 Å². The molecule has 2 aromatic heterocycles. The van der Waals surface area contributed by atoms with Gasteiger partial charge in [0.1, 0.15) is 11.9 Å². The summed E-state index contributed by atoms with van der Waals surface area (Å²) in [6.45, 7) is 9.64. The highest BCUT2D eigenvalue weighted by atomic mass is 16.5. The molecule has 1 amide bonds. The number of benzene rings is 1. The fourth-order valence-corrected chi connectivity index (χ4v) is 3.91. The number of aryl methyl sites for hydroxylation is 1. The van der Waals surface area contributed by atoms with E-state index in [1.807, 2.05) is 39.8 Å². The van der Waals surface area contributed by atoms with Crippen LogP contribution >= 0.6 is 0 Å². The first-order valence-corrected chi connectivity index (χ1v) is 11.3. The third-order valence-electron chi connectivity index (χ3n) is 5.61. The third kappa shape index (κ3) is 5.52. The standard InChI is InChI=1S/C25H29N7O2/c1-17-11-18(21-7-9-27-12-23(21)34-20-8-10-31(14-20)16-26)5-6-19(17)13-32-15-22(29-30-32)24(33)28-25(2,3)4/h5-7,9,11-12,15,20H,8,10,13-14H2,1-4H3,(H,28,33). The molecule has 1 N–H and O–H groups in total. The molecule has 1 fully saturated rings. The van der Waals surface area contributed by atoms with E-state index in [1.54, 1.807) is 28.2 Å². The minimum absolute atomic E-state index is 0.0278. The summed E-state index contributed by atoms with van der Waals surface area (Å²) >= 11 is 0. The molecule has 0 bridgehead atoms. The van der Waals surface area contributed by atoms with Gasteiger partial charge in [-0.25, -0.2) is 4.68 Å². The molecule has 0 radical (unpaired) electrons. The SMILES string of the molecule is Cc1cc(-c2ccncc2OC2CCN(C#N)C2)ccc1Cn1cc(C(=O)NC(C)(C)C)nn1. The molecule has 3 aromatic rings. The van der Waals surface area contributed by atoms with E-state index in [0.29, 0.717) is 31.1 Å². The average molecular weight is 460 g/mol. The molecule has 1 aliphatic heterocycles. The fourth-order valence-electron chi connectivity index (χ4n) is 3.91. The Balaban J connectivity index is 1.49. The van der Waals surface area contributed by atoms with Crippen molar-refractivity contribution in [2.45, 2.75) is 52.3 Å². The van der Waals surface area contributed by atoms with Crippen molar-refractivity contribution in [2.24, 2.45) is 0 Å². The van der Waals surface area contributed by atoms with Gasteiger partial charge < -0.3 is 15.0 Å². The molecule has 1 aliphatic rings. The van der Waals surface area contributed by atoms with Gasteiger partial charge in [0.2, 0.25) is 0 Å². The predicted octanol–water partition coefficient (Wildman–Crippen LogP) is 3.16. The van der Waals surface area contributed by atoms with Gasteiger partial charge in [0.15, 0.2) is 11.9 Å². The lowest BCUT2D eigenvalue weighted by Crippen LogP contribution is -2.40. The summed E-state index contributed by atoms with van der Waals surface area (Å²) in [6.07, 6.45) is 8.11. The molecule has 3 heterocycles. The lowest BCUT2D eigenvalue weighted by Gasteiger charge is -2.19. The molecule has 0 spiro atoms. The van der Waals surface area contributed by atoms with Crippen LogP contribution in [0.3, 0.4) is 0 Å². The van der Waals surface area contributed by atoms with E-state index in [2.05, 4.69) is 38.9 Å². The Morgan fingerprint density at radius 1 is 1.32 bits per heavy atom. The van der Waals surface area contributed by atoms with Crippen LogP contribution in [0.2, 0.25) is 0 Å².